The van der Waals surface area contributed by atoms with Crippen molar-refractivity contribution in [2.75, 3.05) is 0 Å². The normalized spacial score (nSPS) is 12.2. The maximum atomic E-state index is 12.5. The van der Waals surface area contributed by atoms with Gasteiger partial charge in [-0.15, -0.1) is 0 Å². The number of ether oxygens (including phenoxy) is 1. The molecule has 0 bridgehead atoms. The molecule has 3 aromatic rings. The molecule has 0 aromatic heterocycles. The van der Waals surface area contributed by atoms with Gasteiger partial charge < -0.3 is 10.1 Å². The largest absolute Gasteiger partial charge is 0.488 e. The van der Waals surface area contributed by atoms with Gasteiger partial charge in [-0.2, -0.15) is 5.26 Å². The fraction of sp³-hybridized carbons (Fsp3) is 0.200. The molecule has 3 aromatic carbocycles. The summed E-state index contributed by atoms with van der Waals surface area (Å²) in [6, 6.07) is 23.7. The van der Waals surface area contributed by atoms with E-state index in [1.54, 1.807) is 6.08 Å². The van der Waals surface area contributed by atoms with E-state index in [1.807, 2.05) is 86.6 Å². The Morgan fingerprint density at radius 2 is 1.83 bits per heavy atom. The number of fused-ring (bicyclic) bond motifs is 1. The summed E-state index contributed by atoms with van der Waals surface area (Å²) in [5.74, 6) is 0.264. The van der Waals surface area contributed by atoms with Gasteiger partial charge in [-0.1, -0.05) is 67.6 Å². The summed E-state index contributed by atoms with van der Waals surface area (Å²) in [4.78, 5) is 12.5. The van der Waals surface area contributed by atoms with Gasteiger partial charge in [0.25, 0.3) is 5.91 Å². The number of hydrogen-bond donors (Lipinski definition) is 1. The van der Waals surface area contributed by atoms with Crippen molar-refractivity contribution in [1.82, 2.24) is 5.32 Å². The molecule has 1 N–H and O–H groups in total. The van der Waals surface area contributed by atoms with Crippen molar-refractivity contribution in [2.24, 2.45) is 0 Å². The zero-order valence-corrected chi connectivity index (χ0v) is 16.7. The molecule has 0 unspecified atom stereocenters. The predicted molar refractivity (Wildman–Crippen MR) is 116 cm³/mol. The number of nitriles is 1. The zero-order chi connectivity index (χ0) is 20.6. The minimum Gasteiger partial charge on any atom is -0.488 e. The maximum absolute atomic E-state index is 12.5. The van der Waals surface area contributed by atoms with E-state index in [4.69, 9.17) is 4.74 Å². The van der Waals surface area contributed by atoms with Crippen LogP contribution in [0.2, 0.25) is 0 Å². The van der Waals surface area contributed by atoms with Crippen molar-refractivity contribution in [3.05, 3.63) is 83.4 Å². The molecule has 29 heavy (non-hydrogen) atoms. The van der Waals surface area contributed by atoms with Crippen LogP contribution in [-0.2, 0) is 11.4 Å². The molecule has 0 aliphatic rings. The van der Waals surface area contributed by atoms with E-state index in [1.165, 1.54) is 0 Å². The third-order valence-corrected chi connectivity index (χ3v) is 4.81. The summed E-state index contributed by atoms with van der Waals surface area (Å²) >= 11 is 0. The first-order valence-corrected chi connectivity index (χ1v) is 9.73. The Morgan fingerprint density at radius 1 is 1.10 bits per heavy atom. The lowest BCUT2D eigenvalue weighted by atomic mass is 10.0. The van der Waals surface area contributed by atoms with Gasteiger partial charge in [-0.25, -0.2) is 0 Å². The molecule has 0 aliphatic heterocycles. The molecule has 4 nitrogen and oxygen atoms in total. The van der Waals surface area contributed by atoms with Crippen molar-refractivity contribution in [3.63, 3.8) is 0 Å². The van der Waals surface area contributed by atoms with Crippen LogP contribution in [0, 0.1) is 11.3 Å². The van der Waals surface area contributed by atoms with Crippen molar-refractivity contribution >= 4 is 22.8 Å². The molecule has 1 atom stereocenters. The van der Waals surface area contributed by atoms with Crippen molar-refractivity contribution < 1.29 is 9.53 Å². The molecule has 0 heterocycles. The molecule has 3 rings (SSSR count). The molecule has 0 radical (unpaired) electrons. The first kappa shape index (κ1) is 20.2. The first-order chi connectivity index (χ1) is 14.1. The van der Waals surface area contributed by atoms with Gasteiger partial charge in [-0.3, -0.25) is 4.79 Å². The van der Waals surface area contributed by atoms with Crippen LogP contribution < -0.4 is 10.1 Å². The van der Waals surface area contributed by atoms with Crippen LogP contribution in [0.25, 0.3) is 16.8 Å². The molecular formula is C25H24N2O2. The Balaban J connectivity index is 2.01. The number of nitrogens with zero attached hydrogens (tertiary/aromatic N) is 1. The van der Waals surface area contributed by atoms with Gasteiger partial charge in [0.05, 0.1) is 0 Å². The fourth-order valence-electron chi connectivity index (χ4n) is 2.98. The van der Waals surface area contributed by atoms with Crippen LogP contribution in [0.3, 0.4) is 0 Å². The summed E-state index contributed by atoms with van der Waals surface area (Å²) < 4.78 is 6.07. The Bertz CT molecular complexity index is 1070. The number of nitrogens with one attached hydrogen (secondary N) is 1. The molecule has 146 valence electrons. The first-order valence-electron chi connectivity index (χ1n) is 9.73. The highest BCUT2D eigenvalue weighted by Crippen LogP contribution is 2.31. The van der Waals surface area contributed by atoms with Crippen LogP contribution in [0.15, 0.2) is 72.3 Å². The highest BCUT2D eigenvalue weighted by atomic mass is 16.5. The molecule has 0 saturated carbocycles. The highest BCUT2D eigenvalue weighted by Gasteiger charge is 2.15. The molecule has 4 heteroatoms. The molecule has 0 aliphatic carbocycles. The second-order valence-corrected chi connectivity index (χ2v) is 6.93. The Hall–Kier alpha value is -3.58. The zero-order valence-electron chi connectivity index (χ0n) is 16.7. The van der Waals surface area contributed by atoms with Crippen molar-refractivity contribution in [2.45, 2.75) is 32.9 Å². The number of carbonyl (C=O) groups excluding carboxylic acids is 1. The van der Waals surface area contributed by atoms with E-state index in [9.17, 15) is 10.1 Å². The summed E-state index contributed by atoms with van der Waals surface area (Å²) in [6.07, 6.45) is 2.42. The fourth-order valence-corrected chi connectivity index (χ4v) is 2.98. The van der Waals surface area contributed by atoms with Crippen LogP contribution in [0.4, 0.5) is 0 Å². The number of carbonyl (C=O) groups is 1. The minimum atomic E-state index is -0.371. The lowest BCUT2D eigenvalue weighted by molar-refractivity contribution is -0.117. The summed E-state index contributed by atoms with van der Waals surface area (Å²) in [7, 11) is 0. The Kier molecular flexibility index (Phi) is 6.65. The third kappa shape index (κ3) is 5.03. The number of rotatable bonds is 7. The van der Waals surface area contributed by atoms with Crippen LogP contribution >= 0.6 is 0 Å². The van der Waals surface area contributed by atoms with Crippen LogP contribution in [0.5, 0.6) is 5.75 Å². The lowest BCUT2D eigenvalue weighted by Gasteiger charge is -2.14. The van der Waals surface area contributed by atoms with E-state index in [-0.39, 0.29) is 17.5 Å². The Morgan fingerprint density at radius 3 is 2.55 bits per heavy atom. The second kappa shape index (κ2) is 9.57. The molecule has 1 amide bonds. The average molecular weight is 384 g/mol. The van der Waals surface area contributed by atoms with E-state index in [2.05, 4.69) is 5.32 Å². The molecule has 0 saturated heterocycles. The molecular weight excluding hydrogens is 360 g/mol. The molecule has 0 fully saturated rings. The van der Waals surface area contributed by atoms with Crippen LogP contribution in [-0.4, -0.2) is 11.9 Å². The predicted octanol–water partition coefficient (Wildman–Crippen LogP) is 5.24. The number of benzene rings is 3. The summed E-state index contributed by atoms with van der Waals surface area (Å²) in [5.41, 5.74) is 1.84. The van der Waals surface area contributed by atoms with Gasteiger partial charge in [0.1, 0.15) is 24.0 Å². The average Bonchev–Trinajstić information content (AvgIpc) is 2.76. The monoisotopic (exact) mass is 384 g/mol. The summed E-state index contributed by atoms with van der Waals surface area (Å²) in [5, 5.41) is 14.4. The van der Waals surface area contributed by atoms with Gasteiger partial charge in [-0.05, 0) is 41.8 Å². The maximum Gasteiger partial charge on any atom is 0.262 e. The topological polar surface area (TPSA) is 62.1 Å². The van der Waals surface area contributed by atoms with Crippen molar-refractivity contribution in [3.8, 4) is 11.8 Å². The van der Waals surface area contributed by atoms with E-state index >= 15 is 0 Å². The minimum absolute atomic E-state index is 0.000526. The number of hydrogen-bond acceptors (Lipinski definition) is 3. The standard InChI is InChI=1S/C25H24N2O2/c1-3-18(2)27-25(28)21(16-26)15-23-22-12-8-7-11-20(22)13-14-24(23)29-17-19-9-5-4-6-10-19/h4-15,18H,3,17H2,1-2H3,(H,27,28)/b21-15+/t18-/m1/s1. The second-order valence-electron chi connectivity index (χ2n) is 6.93. The Labute approximate surface area is 171 Å². The summed E-state index contributed by atoms with van der Waals surface area (Å²) in [6.45, 7) is 4.31. The van der Waals surface area contributed by atoms with Gasteiger partial charge >= 0.3 is 0 Å². The molecule has 0 spiro atoms. The van der Waals surface area contributed by atoms with E-state index < -0.39 is 0 Å². The highest BCUT2D eigenvalue weighted by molar-refractivity contribution is 6.05. The van der Waals surface area contributed by atoms with Gasteiger partial charge in [0.2, 0.25) is 0 Å². The third-order valence-electron chi connectivity index (χ3n) is 4.81. The van der Waals surface area contributed by atoms with Crippen molar-refractivity contribution in [1.29, 1.82) is 5.26 Å². The van der Waals surface area contributed by atoms with E-state index in [0.717, 1.165) is 28.3 Å². The van der Waals surface area contributed by atoms with Gasteiger partial charge in [0.15, 0.2) is 0 Å². The van der Waals surface area contributed by atoms with Crippen LogP contribution in [0.1, 0.15) is 31.4 Å². The number of amides is 1. The van der Waals surface area contributed by atoms with E-state index in [0.29, 0.717) is 12.4 Å². The SMILES string of the molecule is CC[C@@H](C)NC(=O)/C(C#N)=C/c1c(OCc2ccccc2)ccc2ccccc12. The van der Waals surface area contributed by atoms with Gasteiger partial charge in [0, 0.05) is 11.6 Å². The quantitative estimate of drug-likeness (QED) is 0.447. The lowest BCUT2D eigenvalue weighted by Crippen LogP contribution is -2.32. The smallest absolute Gasteiger partial charge is 0.262 e.